The Morgan fingerprint density at radius 2 is 1.39 bits per heavy atom. The predicted molar refractivity (Wildman–Crippen MR) is 267 cm³/mol. The molecule has 71 heavy (non-hydrogen) atoms. The van der Waals surface area contributed by atoms with Gasteiger partial charge >= 0.3 is 5.97 Å². The molecule has 2 saturated carbocycles. The highest BCUT2D eigenvalue weighted by Crippen LogP contribution is 2.35. The third kappa shape index (κ3) is 12.3. The maximum absolute atomic E-state index is 13.8. The number of imide groups is 1. The minimum atomic E-state index is -0.458. The van der Waals surface area contributed by atoms with Crippen LogP contribution in [0.2, 0.25) is 0 Å². The van der Waals surface area contributed by atoms with E-state index in [4.69, 9.17) is 4.74 Å². The number of anilines is 4. The van der Waals surface area contributed by atoms with Gasteiger partial charge in [0.15, 0.2) is 0 Å². The molecule has 19 heteroatoms. The highest BCUT2D eigenvalue weighted by molar-refractivity contribution is 6.01. The Morgan fingerprint density at radius 1 is 0.746 bits per heavy atom. The molecule has 2 aromatic heterocycles. The fourth-order valence-corrected chi connectivity index (χ4v) is 11.8. The summed E-state index contributed by atoms with van der Waals surface area (Å²) in [6.07, 6.45) is 16.1. The van der Waals surface area contributed by atoms with Gasteiger partial charge in [0, 0.05) is 127 Å². The van der Waals surface area contributed by atoms with Crippen LogP contribution in [0.3, 0.4) is 0 Å². The van der Waals surface area contributed by atoms with Gasteiger partial charge in [-0.05, 0) is 108 Å². The average Bonchev–Trinajstić information content (AvgIpc) is 3.82. The van der Waals surface area contributed by atoms with Crippen molar-refractivity contribution in [3.05, 3.63) is 54.0 Å². The maximum Gasteiger partial charge on any atom is 0.343 e. The smallest absolute Gasteiger partial charge is 0.343 e. The number of aryl methyl sites for hydroxylation is 1. The first kappa shape index (κ1) is 49.9. The molecule has 382 valence electrons. The summed E-state index contributed by atoms with van der Waals surface area (Å²) in [7, 11) is 1.83. The molecular formula is C52H72N12O7. The number of amides is 5. The average molecular weight is 977 g/mol. The van der Waals surface area contributed by atoms with Gasteiger partial charge in [0.1, 0.15) is 11.4 Å². The van der Waals surface area contributed by atoms with Gasteiger partial charge in [0.25, 0.3) is 0 Å². The minimum absolute atomic E-state index is 0.0156. The third-order valence-corrected chi connectivity index (χ3v) is 16.1. The molecule has 1 aromatic carbocycles. The van der Waals surface area contributed by atoms with E-state index >= 15 is 0 Å². The summed E-state index contributed by atoms with van der Waals surface area (Å²) in [4.78, 5) is 97.3. The lowest BCUT2D eigenvalue weighted by atomic mass is 9.80. The lowest BCUT2D eigenvalue weighted by Crippen LogP contribution is -2.54. The van der Waals surface area contributed by atoms with Gasteiger partial charge in [-0.3, -0.25) is 38.9 Å². The molecule has 1 unspecified atom stereocenters. The molecule has 0 radical (unpaired) electrons. The Morgan fingerprint density at radius 3 is 2.01 bits per heavy atom. The summed E-state index contributed by atoms with van der Waals surface area (Å²) < 4.78 is 6.99. The van der Waals surface area contributed by atoms with Crippen molar-refractivity contribution >= 4 is 58.6 Å². The monoisotopic (exact) mass is 977 g/mol. The van der Waals surface area contributed by atoms with Crippen LogP contribution in [0.4, 0.5) is 23.1 Å². The Hall–Kier alpha value is -6.11. The molecule has 6 fully saturated rings. The first-order valence-corrected chi connectivity index (χ1v) is 26.3. The number of hydrogen-bond donors (Lipinski definition) is 3. The number of benzene rings is 1. The zero-order valence-electron chi connectivity index (χ0n) is 41.6. The summed E-state index contributed by atoms with van der Waals surface area (Å²) in [6, 6.07) is 8.61. The molecule has 19 nitrogen and oxygen atoms in total. The van der Waals surface area contributed by atoms with E-state index in [1.807, 2.05) is 47.3 Å². The van der Waals surface area contributed by atoms with Crippen LogP contribution in [0.15, 0.2) is 42.9 Å². The van der Waals surface area contributed by atoms with E-state index in [1.165, 1.54) is 6.20 Å². The number of piperidine rings is 2. The van der Waals surface area contributed by atoms with E-state index in [2.05, 4.69) is 45.7 Å². The fraction of sp³-hybridized carbons (Fsp3) is 0.635. The van der Waals surface area contributed by atoms with E-state index in [-0.39, 0.29) is 59.9 Å². The van der Waals surface area contributed by atoms with Crippen molar-refractivity contribution in [2.75, 3.05) is 87.6 Å². The van der Waals surface area contributed by atoms with Gasteiger partial charge in [0.05, 0.1) is 24.4 Å². The standard InChI is InChI=1S/C52H72N12O7/c1-3-71-51(70)44-33-53-52(56-40-32-54-59(2)34-40)58-47(44)55-39-11-15-42(16-12-39)61-26-30-64(31-27-61)50(69)38-7-5-37(6-8-38)49(68)63-22-20-35(21-23-63)4-19-46(66)62-28-24-60(25-29-62)41-13-9-36(10-14-41)43-17-18-45(65)57-48(43)67/h9-10,13-14,32-35,37-39,42-43H,3-8,11-12,15-31H2,1-2H3,(H,57,65,67)(H2,53,55,56,58). The van der Waals surface area contributed by atoms with Crippen LogP contribution in [-0.2, 0) is 35.8 Å². The number of hydrogen-bond acceptors (Lipinski definition) is 14. The number of esters is 1. The molecule has 5 amide bonds. The number of carbonyl (C=O) groups is 6. The van der Waals surface area contributed by atoms with E-state index < -0.39 is 5.97 Å². The molecule has 6 aliphatic rings. The van der Waals surface area contributed by atoms with Crippen molar-refractivity contribution in [3.63, 3.8) is 0 Å². The number of carbonyl (C=O) groups excluding carboxylic acids is 6. The van der Waals surface area contributed by atoms with Gasteiger partial charge in [-0.25, -0.2) is 9.78 Å². The Kier molecular flexibility index (Phi) is 16.1. The second-order valence-corrected chi connectivity index (χ2v) is 20.5. The maximum atomic E-state index is 13.8. The number of aromatic nitrogens is 4. The second-order valence-electron chi connectivity index (χ2n) is 20.5. The van der Waals surface area contributed by atoms with Gasteiger partial charge in [-0.1, -0.05) is 12.1 Å². The molecule has 2 aliphatic carbocycles. The number of nitrogens with zero attached hydrogens (tertiary/aromatic N) is 9. The molecule has 3 N–H and O–H groups in total. The third-order valence-electron chi connectivity index (χ3n) is 16.1. The molecule has 0 spiro atoms. The quantitative estimate of drug-likeness (QED) is 0.148. The van der Waals surface area contributed by atoms with E-state index in [0.29, 0.717) is 61.6 Å². The molecule has 6 heterocycles. The zero-order chi connectivity index (χ0) is 49.4. The van der Waals surface area contributed by atoms with Crippen molar-refractivity contribution in [3.8, 4) is 0 Å². The van der Waals surface area contributed by atoms with Crippen LogP contribution in [0.1, 0.15) is 119 Å². The molecule has 4 saturated heterocycles. The summed E-state index contributed by atoms with van der Waals surface area (Å²) in [5.74, 6) is 0.736. The first-order valence-electron chi connectivity index (χ1n) is 26.3. The van der Waals surface area contributed by atoms with Crippen LogP contribution in [0.25, 0.3) is 0 Å². The van der Waals surface area contributed by atoms with Gasteiger partial charge in [0.2, 0.25) is 35.5 Å². The normalized spacial score (nSPS) is 24.8. The molecule has 1 atom stereocenters. The Bertz CT molecular complexity index is 2350. The van der Waals surface area contributed by atoms with E-state index in [9.17, 15) is 28.8 Å². The van der Waals surface area contributed by atoms with Gasteiger partial charge in [-0.15, -0.1) is 0 Å². The van der Waals surface area contributed by atoms with Crippen molar-refractivity contribution < 1.29 is 33.5 Å². The van der Waals surface area contributed by atoms with E-state index in [1.54, 1.807) is 17.8 Å². The first-order chi connectivity index (χ1) is 34.5. The largest absolute Gasteiger partial charge is 0.462 e. The van der Waals surface area contributed by atoms with Crippen LogP contribution < -0.4 is 20.9 Å². The Labute approximate surface area is 416 Å². The van der Waals surface area contributed by atoms with Crippen LogP contribution in [0.5, 0.6) is 0 Å². The summed E-state index contributed by atoms with van der Waals surface area (Å²) in [6.45, 7) is 9.57. The van der Waals surface area contributed by atoms with Crippen molar-refractivity contribution in [1.82, 2.24) is 44.7 Å². The van der Waals surface area contributed by atoms with Crippen LogP contribution in [0, 0.1) is 17.8 Å². The minimum Gasteiger partial charge on any atom is -0.462 e. The van der Waals surface area contributed by atoms with Crippen LogP contribution in [-0.4, -0.2) is 159 Å². The second kappa shape index (κ2) is 23.0. The Balaban J connectivity index is 0.640. The van der Waals surface area contributed by atoms with Crippen LogP contribution >= 0.6 is 0 Å². The lowest BCUT2D eigenvalue weighted by molar-refractivity contribution is -0.143. The van der Waals surface area contributed by atoms with Gasteiger partial charge in [-0.2, -0.15) is 10.1 Å². The molecule has 3 aromatic rings. The molecular weight excluding hydrogens is 905 g/mol. The summed E-state index contributed by atoms with van der Waals surface area (Å²) in [5, 5.41) is 13.3. The fourth-order valence-electron chi connectivity index (χ4n) is 11.8. The number of likely N-dealkylation sites (tertiary alicyclic amines) is 1. The predicted octanol–water partition coefficient (Wildman–Crippen LogP) is 4.69. The number of rotatable bonds is 14. The number of nitrogens with one attached hydrogen (secondary N) is 3. The summed E-state index contributed by atoms with van der Waals surface area (Å²) in [5.41, 5.74) is 3.05. The zero-order valence-corrected chi connectivity index (χ0v) is 41.6. The molecule has 0 bridgehead atoms. The number of piperazine rings is 2. The SMILES string of the molecule is CCOC(=O)c1cnc(Nc2cnn(C)c2)nc1NC1CCC(N2CCN(C(=O)C3CCC(C(=O)N4CCC(CCC(=O)N5CCN(c6ccc(C7CCC(=O)NC7=O)cc6)CC5)CC4)CC3)CC2)CC1. The van der Waals surface area contributed by atoms with Crippen molar-refractivity contribution in [2.45, 2.75) is 115 Å². The van der Waals surface area contributed by atoms with Crippen molar-refractivity contribution in [1.29, 1.82) is 0 Å². The highest BCUT2D eigenvalue weighted by Gasteiger charge is 2.37. The topological polar surface area (TPSA) is 208 Å². The lowest BCUT2D eigenvalue weighted by Gasteiger charge is -2.43. The summed E-state index contributed by atoms with van der Waals surface area (Å²) >= 11 is 0. The van der Waals surface area contributed by atoms with Gasteiger partial charge < -0.3 is 35.0 Å². The number of ether oxygens (including phenoxy) is 1. The molecule has 9 rings (SSSR count). The molecule has 4 aliphatic heterocycles. The van der Waals surface area contributed by atoms with E-state index in [0.717, 1.165) is 140 Å². The highest BCUT2D eigenvalue weighted by atomic mass is 16.5. The van der Waals surface area contributed by atoms with Crippen molar-refractivity contribution in [2.24, 2.45) is 24.8 Å².